The largest absolute Gasteiger partial charge is 0.404 e. The average molecular weight is 443 g/mol. The fourth-order valence-electron chi connectivity index (χ4n) is 5.65. The van der Waals surface area contributed by atoms with Gasteiger partial charge in [-0.05, 0) is 15.4 Å². The summed E-state index contributed by atoms with van der Waals surface area (Å²) in [6.07, 6.45) is -0.817. The van der Waals surface area contributed by atoms with E-state index < -0.39 is 26.3 Å². The van der Waals surface area contributed by atoms with Gasteiger partial charge in [0.15, 0.2) is 6.29 Å². The summed E-state index contributed by atoms with van der Waals surface area (Å²) < 4.78 is 24.8. The number of ether oxygens (including phenoxy) is 3. The third kappa shape index (κ3) is 3.59. The van der Waals surface area contributed by atoms with Crippen molar-refractivity contribution in [3.8, 4) is 0 Å². The van der Waals surface area contributed by atoms with Crippen LogP contribution in [0, 0.1) is 5.92 Å². The molecule has 1 heterocycles. The van der Waals surface area contributed by atoms with Gasteiger partial charge in [-0.15, -0.1) is 0 Å². The first-order valence-corrected chi connectivity index (χ1v) is 12.9. The van der Waals surface area contributed by atoms with Gasteiger partial charge in [0, 0.05) is 20.6 Å². The molecular formula is C25H34O5Si. The van der Waals surface area contributed by atoms with E-state index in [1.807, 2.05) is 12.1 Å². The van der Waals surface area contributed by atoms with Crippen molar-refractivity contribution in [3.63, 3.8) is 0 Å². The minimum absolute atomic E-state index is 0.134. The first-order valence-electron chi connectivity index (χ1n) is 11.0. The van der Waals surface area contributed by atoms with Gasteiger partial charge in [-0.25, -0.2) is 0 Å². The second-order valence-corrected chi connectivity index (χ2v) is 14.0. The number of aliphatic hydroxyl groups is 1. The standard InChI is InChI=1S/C25H34O5Si/c1-24(2,3)31(18-12-8-6-9-13-18,19-14-10-7-11-15-19)29-17-25-16-20(26)21(22(25)27-4)23(28-5)30-25/h6-15,20-23,26H,16-17H2,1-5H3/t20-,21+,22-,23?,25+/m0/s1. The molecule has 31 heavy (non-hydrogen) atoms. The van der Waals surface area contributed by atoms with E-state index in [1.54, 1.807) is 14.2 Å². The first kappa shape index (κ1) is 22.6. The molecule has 1 unspecified atom stereocenters. The third-order valence-corrected chi connectivity index (χ3v) is 12.0. The van der Waals surface area contributed by atoms with Gasteiger partial charge in [0.25, 0.3) is 8.32 Å². The number of hydrogen-bond donors (Lipinski definition) is 1. The molecule has 2 aromatic carbocycles. The SMILES string of the molecule is COC1O[C@@]2(CO[Si](c3ccccc3)(c3ccccc3)C(C)(C)C)C[C@H](O)[C@@H]1[C@@H]2OC. The highest BCUT2D eigenvalue weighted by molar-refractivity contribution is 6.99. The van der Waals surface area contributed by atoms with Crippen LogP contribution in [0.3, 0.4) is 0 Å². The molecule has 2 aromatic rings. The molecule has 5 atom stereocenters. The van der Waals surface area contributed by atoms with Crippen LogP contribution in [-0.4, -0.2) is 58.3 Å². The highest BCUT2D eigenvalue weighted by Crippen LogP contribution is 2.51. The van der Waals surface area contributed by atoms with Gasteiger partial charge >= 0.3 is 0 Å². The molecule has 0 spiro atoms. The van der Waals surface area contributed by atoms with Gasteiger partial charge in [0.2, 0.25) is 0 Å². The number of benzene rings is 2. The van der Waals surface area contributed by atoms with Gasteiger partial charge in [0.05, 0.1) is 24.7 Å². The summed E-state index contributed by atoms with van der Waals surface area (Å²) in [6.45, 7) is 7.10. The normalized spacial score (nSPS) is 30.6. The molecule has 1 saturated carbocycles. The lowest BCUT2D eigenvalue weighted by atomic mass is 10.0. The Morgan fingerprint density at radius 2 is 1.52 bits per heavy atom. The number of rotatable bonds is 7. The van der Waals surface area contributed by atoms with Crippen LogP contribution in [0.2, 0.25) is 5.04 Å². The van der Waals surface area contributed by atoms with Crippen LogP contribution in [-0.2, 0) is 18.6 Å². The quantitative estimate of drug-likeness (QED) is 0.668. The predicted octanol–water partition coefficient (Wildman–Crippen LogP) is 2.70. The number of methoxy groups -OCH3 is 2. The molecule has 2 fully saturated rings. The molecule has 4 rings (SSSR count). The summed E-state index contributed by atoms with van der Waals surface area (Å²) in [5.41, 5.74) is -0.730. The lowest BCUT2D eigenvalue weighted by Gasteiger charge is -2.45. The lowest BCUT2D eigenvalue weighted by molar-refractivity contribution is -0.218. The molecule has 1 aliphatic carbocycles. The molecule has 0 radical (unpaired) electrons. The second kappa shape index (κ2) is 8.43. The van der Waals surface area contributed by atoms with Gasteiger partial charge in [-0.1, -0.05) is 81.4 Å². The summed E-state index contributed by atoms with van der Waals surface area (Å²) in [5, 5.41) is 13.0. The fraction of sp³-hybridized carbons (Fsp3) is 0.520. The van der Waals surface area contributed by atoms with Gasteiger partial charge in [-0.2, -0.15) is 0 Å². The van der Waals surface area contributed by atoms with Crippen LogP contribution < -0.4 is 10.4 Å². The summed E-state index contributed by atoms with van der Waals surface area (Å²) in [7, 11) is 0.572. The van der Waals surface area contributed by atoms with Crippen molar-refractivity contribution >= 4 is 18.7 Å². The molecule has 5 nitrogen and oxygen atoms in total. The summed E-state index contributed by atoms with van der Waals surface area (Å²) in [6, 6.07) is 21.1. The Labute approximate surface area is 186 Å². The van der Waals surface area contributed by atoms with Gasteiger partial charge < -0.3 is 23.7 Å². The maximum absolute atomic E-state index is 10.7. The molecular weight excluding hydrogens is 408 g/mol. The van der Waals surface area contributed by atoms with Crippen molar-refractivity contribution in [1.82, 2.24) is 0 Å². The van der Waals surface area contributed by atoms with Crippen LogP contribution in [0.5, 0.6) is 0 Å². The van der Waals surface area contributed by atoms with Crippen LogP contribution in [0.25, 0.3) is 0 Å². The Morgan fingerprint density at radius 3 is 1.97 bits per heavy atom. The fourth-order valence-corrected chi connectivity index (χ4v) is 10.3. The van der Waals surface area contributed by atoms with Crippen LogP contribution in [0.15, 0.2) is 60.7 Å². The Bertz CT molecular complexity index is 829. The molecule has 168 valence electrons. The zero-order valence-electron chi connectivity index (χ0n) is 19.1. The predicted molar refractivity (Wildman–Crippen MR) is 123 cm³/mol. The Morgan fingerprint density at radius 1 is 0.968 bits per heavy atom. The Hall–Kier alpha value is -1.54. The minimum atomic E-state index is -2.72. The number of aliphatic hydroxyl groups excluding tert-OH is 1. The minimum Gasteiger partial charge on any atom is -0.404 e. The van der Waals surface area contributed by atoms with Crippen LogP contribution in [0.4, 0.5) is 0 Å². The molecule has 1 aliphatic heterocycles. The Kier molecular flexibility index (Phi) is 6.16. The Balaban J connectivity index is 1.78. The monoisotopic (exact) mass is 442 g/mol. The summed E-state index contributed by atoms with van der Waals surface area (Å²) in [5.74, 6) is -0.210. The third-order valence-electron chi connectivity index (χ3n) is 6.97. The smallest absolute Gasteiger partial charge is 0.261 e. The lowest BCUT2D eigenvalue weighted by Crippen LogP contribution is -2.68. The van der Waals surface area contributed by atoms with E-state index in [4.69, 9.17) is 18.6 Å². The van der Waals surface area contributed by atoms with E-state index in [9.17, 15) is 5.11 Å². The molecule has 2 bridgehead atoms. The van der Waals surface area contributed by atoms with E-state index in [0.29, 0.717) is 13.0 Å². The highest BCUT2D eigenvalue weighted by atomic mass is 28.4. The molecule has 1 saturated heterocycles. The van der Waals surface area contributed by atoms with E-state index in [-0.39, 0.29) is 17.1 Å². The molecule has 0 aromatic heterocycles. The van der Waals surface area contributed by atoms with E-state index in [0.717, 1.165) is 0 Å². The van der Waals surface area contributed by atoms with E-state index in [1.165, 1.54) is 10.4 Å². The van der Waals surface area contributed by atoms with E-state index >= 15 is 0 Å². The van der Waals surface area contributed by atoms with Crippen LogP contribution in [0.1, 0.15) is 27.2 Å². The number of fused-ring (bicyclic) bond motifs is 2. The number of hydrogen-bond acceptors (Lipinski definition) is 5. The second-order valence-electron chi connectivity index (χ2n) is 9.74. The van der Waals surface area contributed by atoms with Gasteiger partial charge in [-0.3, -0.25) is 0 Å². The van der Waals surface area contributed by atoms with Crippen LogP contribution >= 0.6 is 0 Å². The highest BCUT2D eigenvalue weighted by Gasteiger charge is 2.66. The zero-order valence-corrected chi connectivity index (χ0v) is 20.1. The van der Waals surface area contributed by atoms with Crippen molar-refractivity contribution in [2.75, 3.05) is 20.8 Å². The molecule has 6 heteroatoms. The molecule has 1 N–H and O–H groups in total. The first-order chi connectivity index (χ1) is 14.8. The molecule has 0 amide bonds. The summed E-state index contributed by atoms with van der Waals surface area (Å²) in [4.78, 5) is 0. The van der Waals surface area contributed by atoms with Gasteiger partial charge in [0.1, 0.15) is 5.60 Å². The van der Waals surface area contributed by atoms with Crippen molar-refractivity contribution in [2.24, 2.45) is 5.92 Å². The topological polar surface area (TPSA) is 57.2 Å². The van der Waals surface area contributed by atoms with Crippen molar-refractivity contribution in [1.29, 1.82) is 0 Å². The maximum Gasteiger partial charge on any atom is 0.261 e. The molecule has 2 aliphatic rings. The zero-order chi connectivity index (χ0) is 22.3. The van der Waals surface area contributed by atoms with Crippen molar-refractivity contribution in [3.05, 3.63) is 60.7 Å². The maximum atomic E-state index is 10.7. The van der Waals surface area contributed by atoms with Crippen molar-refractivity contribution < 1.29 is 23.7 Å². The summed E-state index contributed by atoms with van der Waals surface area (Å²) >= 11 is 0. The average Bonchev–Trinajstić information content (AvgIpc) is 3.22. The van der Waals surface area contributed by atoms with Crippen molar-refractivity contribution in [2.45, 2.75) is 56.3 Å². The van der Waals surface area contributed by atoms with E-state index in [2.05, 4.69) is 69.3 Å².